The smallest absolute Gasteiger partial charge is 0.309 e. The normalized spacial score (nSPS) is 17.1. The Morgan fingerprint density at radius 1 is 1.03 bits per heavy atom. The number of esters is 1. The molecule has 5 nitrogen and oxygen atoms in total. The zero-order chi connectivity index (χ0) is 20.2. The summed E-state index contributed by atoms with van der Waals surface area (Å²) in [6.07, 6.45) is 2.61. The Morgan fingerprint density at radius 3 is 2.24 bits per heavy atom. The van der Waals surface area contributed by atoms with Crippen LogP contribution in [0.15, 0.2) is 48.5 Å². The Kier molecular flexibility index (Phi) is 6.11. The number of hydrogen-bond donors (Lipinski definition) is 1. The summed E-state index contributed by atoms with van der Waals surface area (Å²) >= 11 is 5.63. The lowest BCUT2D eigenvalue weighted by atomic mass is 10.1. The van der Waals surface area contributed by atoms with Gasteiger partial charge in [0.1, 0.15) is 0 Å². The number of hydrogen-bond acceptors (Lipinski definition) is 4. The number of fused-ring (bicyclic) bond motifs is 1. The van der Waals surface area contributed by atoms with E-state index in [0.717, 1.165) is 55.4 Å². The molecular weight excluding hydrogens is 382 g/mol. The van der Waals surface area contributed by atoms with Crippen molar-refractivity contribution < 1.29 is 9.53 Å². The second kappa shape index (κ2) is 8.93. The molecular formula is C23H27N3O2S. The van der Waals surface area contributed by atoms with Crippen LogP contribution in [0.3, 0.4) is 0 Å². The van der Waals surface area contributed by atoms with E-state index in [0.29, 0.717) is 6.04 Å². The summed E-state index contributed by atoms with van der Waals surface area (Å²) in [7, 11) is 1.40. The minimum atomic E-state index is -0.232. The fraction of sp³-hybridized carbons (Fsp3) is 0.391. The van der Waals surface area contributed by atoms with Crippen molar-refractivity contribution in [2.45, 2.75) is 25.3 Å². The van der Waals surface area contributed by atoms with Crippen LogP contribution < -0.4 is 5.32 Å². The number of thiocarbonyl (C=S) groups is 1. The SMILES string of the molecule is COC(=O)Cc1ccc(NC(=S)N2CCN(C3Cc4ccccc4C3)CC2)cc1. The molecule has 0 spiro atoms. The Morgan fingerprint density at radius 2 is 1.66 bits per heavy atom. The number of anilines is 1. The topological polar surface area (TPSA) is 44.8 Å². The second-order valence-electron chi connectivity index (χ2n) is 7.73. The number of ether oxygens (including phenoxy) is 1. The lowest BCUT2D eigenvalue weighted by Gasteiger charge is -2.39. The van der Waals surface area contributed by atoms with E-state index in [1.54, 1.807) is 0 Å². The molecule has 0 amide bonds. The molecule has 0 saturated carbocycles. The highest BCUT2D eigenvalue weighted by Crippen LogP contribution is 2.26. The number of nitrogens with zero attached hydrogens (tertiary/aromatic N) is 2. The number of carbonyl (C=O) groups excluding carboxylic acids is 1. The summed E-state index contributed by atoms with van der Waals surface area (Å²) in [5, 5.41) is 4.09. The molecule has 0 radical (unpaired) electrons. The number of carbonyl (C=O) groups is 1. The molecule has 1 N–H and O–H groups in total. The van der Waals surface area contributed by atoms with Gasteiger partial charge in [0.25, 0.3) is 0 Å². The van der Waals surface area contributed by atoms with Gasteiger partial charge in [0.05, 0.1) is 13.5 Å². The van der Waals surface area contributed by atoms with E-state index in [1.807, 2.05) is 24.3 Å². The lowest BCUT2D eigenvalue weighted by molar-refractivity contribution is -0.139. The number of piperazine rings is 1. The van der Waals surface area contributed by atoms with Crippen LogP contribution in [0.5, 0.6) is 0 Å². The molecule has 0 unspecified atom stereocenters. The molecule has 0 atom stereocenters. The summed E-state index contributed by atoms with van der Waals surface area (Å²) in [5.74, 6) is -0.232. The fourth-order valence-corrected chi connectivity index (χ4v) is 4.53. The molecule has 29 heavy (non-hydrogen) atoms. The first-order chi connectivity index (χ1) is 14.1. The van der Waals surface area contributed by atoms with Crippen LogP contribution in [0, 0.1) is 0 Å². The first-order valence-electron chi connectivity index (χ1n) is 10.1. The number of rotatable bonds is 4. The molecule has 6 heteroatoms. The van der Waals surface area contributed by atoms with Crippen molar-refractivity contribution >= 4 is 29.0 Å². The van der Waals surface area contributed by atoms with E-state index >= 15 is 0 Å². The molecule has 1 aliphatic carbocycles. The largest absolute Gasteiger partial charge is 0.469 e. The monoisotopic (exact) mass is 409 g/mol. The van der Waals surface area contributed by atoms with E-state index in [-0.39, 0.29) is 12.4 Å². The third-order valence-corrected chi connectivity index (χ3v) is 6.29. The van der Waals surface area contributed by atoms with Crippen molar-refractivity contribution in [3.8, 4) is 0 Å². The maximum atomic E-state index is 11.4. The van der Waals surface area contributed by atoms with Gasteiger partial charge in [-0.3, -0.25) is 9.69 Å². The van der Waals surface area contributed by atoms with Gasteiger partial charge in [-0.25, -0.2) is 0 Å². The molecule has 1 heterocycles. The highest BCUT2D eigenvalue weighted by atomic mass is 32.1. The summed E-state index contributed by atoms with van der Waals surface area (Å²) in [6, 6.07) is 17.2. The van der Waals surface area contributed by atoms with Gasteiger partial charge in [0.2, 0.25) is 0 Å². The zero-order valence-electron chi connectivity index (χ0n) is 16.8. The van der Waals surface area contributed by atoms with Crippen LogP contribution >= 0.6 is 12.2 Å². The first kappa shape index (κ1) is 19.9. The minimum Gasteiger partial charge on any atom is -0.469 e. The number of benzene rings is 2. The summed E-state index contributed by atoms with van der Waals surface area (Å²) in [6.45, 7) is 3.97. The Labute approximate surface area is 177 Å². The zero-order valence-corrected chi connectivity index (χ0v) is 17.6. The quantitative estimate of drug-likeness (QED) is 0.619. The molecule has 2 aliphatic rings. The summed E-state index contributed by atoms with van der Waals surface area (Å²) in [4.78, 5) is 16.2. The molecule has 1 aliphatic heterocycles. The Hall–Kier alpha value is -2.44. The highest BCUT2D eigenvalue weighted by Gasteiger charge is 2.29. The third kappa shape index (κ3) is 4.77. The van der Waals surface area contributed by atoms with Crippen molar-refractivity contribution in [2.24, 2.45) is 0 Å². The van der Waals surface area contributed by atoms with Crippen LogP contribution in [-0.4, -0.2) is 60.2 Å². The average molecular weight is 410 g/mol. The second-order valence-corrected chi connectivity index (χ2v) is 8.12. The van der Waals surface area contributed by atoms with E-state index in [2.05, 4.69) is 39.4 Å². The number of methoxy groups -OCH3 is 1. The van der Waals surface area contributed by atoms with Gasteiger partial charge in [-0.1, -0.05) is 36.4 Å². The van der Waals surface area contributed by atoms with Crippen LogP contribution in [0.4, 0.5) is 5.69 Å². The molecule has 4 rings (SSSR count). The van der Waals surface area contributed by atoms with Crippen molar-refractivity contribution in [1.82, 2.24) is 9.80 Å². The van der Waals surface area contributed by atoms with E-state index in [4.69, 9.17) is 17.0 Å². The van der Waals surface area contributed by atoms with E-state index in [9.17, 15) is 4.79 Å². The molecule has 0 bridgehead atoms. The summed E-state index contributed by atoms with van der Waals surface area (Å²) in [5.41, 5.74) is 4.89. The van der Waals surface area contributed by atoms with E-state index < -0.39 is 0 Å². The van der Waals surface area contributed by atoms with Crippen molar-refractivity contribution in [3.05, 3.63) is 65.2 Å². The summed E-state index contributed by atoms with van der Waals surface area (Å²) < 4.78 is 4.71. The predicted molar refractivity (Wildman–Crippen MR) is 119 cm³/mol. The first-order valence-corrected chi connectivity index (χ1v) is 10.6. The van der Waals surface area contributed by atoms with Gasteiger partial charge in [0.15, 0.2) is 5.11 Å². The van der Waals surface area contributed by atoms with Gasteiger partial charge in [0, 0.05) is 37.9 Å². The molecule has 2 aromatic carbocycles. The molecule has 152 valence electrons. The van der Waals surface area contributed by atoms with Crippen LogP contribution in [-0.2, 0) is 28.8 Å². The molecule has 0 aromatic heterocycles. The predicted octanol–water partition coefficient (Wildman–Crippen LogP) is 2.88. The van der Waals surface area contributed by atoms with Crippen LogP contribution in [0.2, 0.25) is 0 Å². The average Bonchev–Trinajstić information content (AvgIpc) is 3.19. The van der Waals surface area contributed by atoms with Crippen molar-refractivity contribution in [2.75, 3.05) is 38.6 Å². The Bertz CT molecular complexity index is 851. The minimum absolute atomic E-state index is 0.232. The highest BCUT2D eigenvalue weighted by molar-refractivity contribution is 7.80. The maximum absolute atomic E-state index is 11.4. The molecule has 1 saturated heterocycles. The van der Waals surface area contributed by atoms with Crippen molar-refractivity contribution in [3.63, 3.8) is 0 Å². The molecule has 2 aromatic rings. The van der Waals surface area contributed by atoms with Crippen LogP contribution in [0.25, 0.3) is 0 Å². The fourth-order valence-electron chi connectivity index (χ4n) is 4.23. The third-order valence-electron chi connectivity index (χ3n) is 5.93. The van der Waals surface area contributed by atoms with Gasteiger partial charge in [-0.05, 0) is 53.9 Å². The number of nitrogens with one attached hydrogen (secondary N) is 1. The van der Waals surface area contributed by atoms with Gasteiger partial charge < -0.3 is 15.0 Å². The maximum Gasteiger partial charge on any atom is 0.309 e. The van der Waals surface area contributed by atoms with Crippen LogP contribution in [0.1, 0.15) is 16.7 Å². The molecule has 1 fully saturated rings. The van der Waals surface area contributed by atoms with Crippen molar-refractivity contribution in [1.29, 1.82) is 0 Å². The van der Waals surface area contributed by atoms with Gasteiger partial charge in [-0.2, -0.15) is 0 Å². The standard InChI is InChI=1S/C23H27N3O2S/c1-28-22(27)14-17-6-8-20(9-7-17)24-23(29)26-12-10-25(11-13-26)21-15-18-4-2-3-5-19(18)16-21/h2-9,21H,10-16H2,1H3,(H,24,29). The van der Waals surface area contributed by atoms with Gasteiger partial charge >= 0.3 is 5.97 Å². The van der Waals surface area contributed by atoms with Gasteiger partial charge in [-0.15, -0.1) is 0 Å². The van der Waals surface area contributed by atoms with E-state index in [1.165, 1.54) is 18.2 Å². The Balaban J connectivity index is 1.26. The lowest BCUT2D eigenvalue weighted by Crippen LogP contribution is -2.53.